The highest BCUT2D eigenvalue weighted by Crippen LogP contribution is 2.36. The van der Waals surface area contributed by atoms with Gasteiger partial charge in [0.1, 0.15) is 11.5 Å². The molecule has 3 aromatic carbocycles. The van der Waals surface area contributed by atoms with Crippen molar-refractivity contribution in [2.24, 2.45) is 0 Å². The van der Waals surface area contributed by atoms with E-state index in [1.54, 1.807) is 36.5 Å². The molecule has 0 saturated heterocycles. The molecule has 1 aliphatic rings. The van der Waals surface area contributed by atoms with Gasteiger partial charge in [0.05, 0.1) is 11.3 Å². The average molecular weight is 503 g/mol. The highest BCUT2D eigenvalue weighted by atomic mass is 19.1. The molecule has 37 heavy (non-hydrogen) atoms. The summed E-state index contributed by atoms with van der Waals surface area (Å²) < 4.78 is 40.8. The number of carbonyl (C=O) groups excluding carboxylic acids is 2. The van der Waals surface area contributed by atoms with E-state index >= 15 is 0 Å². The minimum atomic E-state index is -1.23. The average Bonchev–Trinajstić information content (AvgIpc) is 3.46. The first-order chi connectivity index (χ1) is 17.8. The molecular formula is C27H20F3N5O2. The minimum absolute atomic E-state index is 0.204. The Morgan fingerprint density at radius 1 is 0.919 bits per heavy atom. The zero-order valence-corrected chi connectivity index (χ0v) is 19.4. The Bertz CT molecular complexity index is 1540. The number of anilines is 5. The number of H-pyrrole nitrogens is 1. The van der Waals surface area contributed by atoms with E-state index in [1.807, 2.05) is 31.2 Å². The van der Waals surface area contributed by atoms with Gasteiger partial charge in [-0.15, -0.1) is 0 Å². The van der Waals surface area contributed by atoms with E-state index in [0.29, 0.717) is 40.5 Å². The van der Waals surface area contributed by atoms with Crippen LogP contribution in [-0.4, -0.2) is 16.9 Å². The predicted molar refractivity (Wildman–Crippen MR) is 137 cm³/mol. The third-order valence-corrected chi connectivity index (χ3v) is 5.74. The summed E-state index contributed by atoms with van der Waals surface area (Å²) in [5, 5.41) is 10.7. The van der Waals surface area contributed by atoms with E-state index in [4.69, 9.17) is 0 Å². The maximum atomic E-state index is 13.8. The van der Waals surface area contributed by atoms with Crippen LogP contribution in [0.4, 0.5) is 46.4 Å². The number of hydrogen-bond acceptors (Lipinski definition) is 3. The SMILES string of the molecule is Cc1ccc(NC(=O)Nc2c(F)cc(F)cc2F)cc1Nc1ccc2c(c1)NC(=O)C2=Cc1ccc[nH]1. The quantitative estimate of drug-likeness (QED) is 0.198. The Labute approximate surface area is 209 Å². The van der Waals surface area contributed by atoms with Crippen molar-refractivity contribution >= 4 is 52.0 Å². The van der Waals surface area contributed by atoms with Crippen LogP contribution in [0.2, 0.25) is 0 Å². The van der Waals surface area contributed by atoms with E-state index in [0.717, 1.165) is 16.8 Å². The summed E-state index contributed by atoms with van der Waals surface area (Å²) in [5.74, 6) is -3.75. The van der Waals surface area contributed by atoms with E-state index in [-0.39, 0.29) is 5.91 Å². The van der Waals surface area contributed by atoms with Gasteiger partial charge in [0.2, 0.25) is 0 Å². The van der Waals surface area contributed by atoms with Crippen molar-refractivity contribution in [3.8, 4) is 0 Å². The third kappa shape index (κ3) is 5.03. The molecule has 0 saturated carbocycles. The number of aromatic nitrogens is 1. The first kappa shape index (κ1) is 23.7. The van der Waals surface area contributed by atoms with Crippen LogP contribution in [0, 0.1) is 24.4 Å². The Hall–Kier alpha value is -4.99. The van der Waals surface area contributed by atoms with Gasteiger partial charge in [0.15, 0.2) is 11.6 Å². The van der Waals surface area contributed by atoms with Crippen molar-refractivity contribution < 1.29 is 22.8 Å². The van der Waals surface area contributed by atoms with Crippen molar-refractivity contribution in [2.75, 3.05) is 21.3 Å². The largest absolute Gasteiger partial charge is 0.362 e. The fourth-order valence-corrected chi connectivity index (χ4v) is 3.93. The molecule has 5 rings (SSSR count). The van der Waals surface area contributed by atoms with E-state index in [2.05, 4.69) is 26.3 Å². The van der Waals surface area contributed by atoms with Gasteiger partial charge in [0, 0.05) is 46.6 Å². The number of benzene rings is 3. The van der Waals surface area contributed by atoms with Crippen LogP contribution in [0.25, 0.3) is 11.6 Å². The molecule has 1 aromatic heterocycles. The van der Waals surface area contributed by atoms with Gasteiger partial charge in [-0.3, -0.25) is 4.79 Å². The standard InChI is InChI=1S/C27H20F3N5O2/c1-14-4-5-18(33-27(37)35-25-21(29)9-15(28)10-22(25)30)12-23(14)32-17-6-7-19-20(11-16-3-2-8-31-16)26(36)34-24(19)13-17/h2-13,31-32H,1H3,(H,34,36)(H2,33,35,37). The number of hydrogen-bond donors (Lipinski definition) is 5. The molecule has 0 fully saturated rings. The molecule has 0 aliphatic carbocycles. The van der Waals surface area contributed by atoms with Gasteiger partial charge in [-0.25, -0.2) is 18.0 Å². The first-order valence-electron chi connectivity index (χ1n) is 11.2. The molecule has 10 heteroatoms. The lowest BCUT2D eigenvalue weighted by molar-refractivity contribution is -0.110. The summed E-state index contributed by atoms with van der Waals surface area (Å²) in [6.07, 6.45) is 3.56. The number of aryl methyl sites for hydroxylation is 1. The van der Waals surface area contributed by atoms with Crippen molar-refractivity contribution in [3.63, 3.8) is 0 Å². The lowest BCUT2D eigenvalue weighted by Crippen LogP contribution is -2.21. The molecule has 7 nitrogen and oxygen atoms in total. The second-order valence-corrected chi connectivity index (χ2v) is 8.38. The second kappa shape index (κ2) is 9.57. The third-order valence-electron chi connectivity index (χ3n) is 5.74. The molecule has 0 bridgehead atoms. The number of halogens is 3. The number of rotatable bonds is 5. The fourth-order valence-electron chi connectivity index (χ4n) is 3.93. The zero-order valence-electron chi connectivity index (χ0n) is 19.4. The Morgan fingerprint density at radius 2 is 1.68 bits per heavy atom. The highest BCUT2D eigenvalue weighted by Gasteiger charge is 2.24. The van der Waals surface area contributed by atoms with Gasteiger partial charge < -0.3 is 26.3 Å². The summed E-state index contributed by atoms with van der Waals surface area (Å²) in [6.45, 7) is 1.86. The molecule has 0 radical (unpaired) electrons. The van der Waals surface area contributed by atoms with Crippen molar-refractivity contribution in [3.05, 3.63) is 101 Å². The summed E-state index contributed by atoms with van der Waals surface area (Å²) in [4.78, 5) is 27.9. The maximum Gasteiger partial charge on any atom is 0.323 e. The molecule has 0 unspecified atom stereocenters. The van der Waals surface area contributed by atoms with Crippen LogP contribution in [0.3, 0.4) is 0 Å². The van der Waals surface area contributed by atoms with Crippen LogP contribution < -0.4 is 21.3 Å². The van der Waals surface area contributed by atoms with Crippen LogP contribution >= 0.6 is 0 Å². The second-order valence-electron chi connectivity index (χ2n) is 8.38. The molecule has 2 heterocycles. The summed E-state index contributed by atoms with van der Waals surface area (Å²) in [5.41, 5.74) is 4.59. The molecule has 3 amide bonds. The molecule has 0 atom stereocenters. The van der Waals surface area contributed by atoms with Crippen LogP contribution in [-0.2, 0) is 4.79 Å². The topological polar surface area (TPSA) is 98.0 Å². The van der Waals surface area contributed by atoms with E-state index in [9.17, 15) is 22.8 Å². The van der Waals surface area contributed by atoms with Crippen LogP contribution in [0.5, 0.6) is 0 Å². The van der Waals surface area contributed by atoms with Crippen LogP contribution in [0.15, 0.2) is 66.9 Å². The molecule has 186 valence electrons. The highest BCUT2D eigenvalue weighted by molar-refractivity contribution is 6.35. The Morgan fingerprint density at radius 3 is 2.41 bits per heavy atom. The number of urea groups is 1. The molecule has 1 aliphatic heterocycles. The van der Waals surface area contributed by atoms with Gasteiger partial charge >= 0.3 is 6.03 Å². The zero-order chi connectivity index (χ0) is 26.1. The predicted octanol–water partition coefficient (Wildman–Crippen LogP) is 6.62. The number of fused-ring (bicyclic) bond motifs is 1. The van der Waals surface area contributed by atoms with Gasteiger partial charge in [-0.05, 0) is 55.0 Å². The minimum Gasteiger partial charge on any atom is -0.362 e. The molecular weight excluding hydrogens is 483 g/mol. The Balaban J connectivity index is 1.32. The molecule has 4 aromatic rings. The number of amides is 3. The van der Waals surface area contributed by atoms with Crippen LogP contribution in [0.1, 0.15) is 16.8 Å². The van der Waals surface area contributed by atoms with Gasteiger partial charge in [0.25, 0.3) is 5.91 Å². The van der Waals surface area contributed by atoms with Crippen molar-refractivity contribution in [2.45, 2.75) is 6.92 Å². The van der Waals surface area contributed by atoms with Gasteiger partial charge in [-0.1, -0.05) is 12.1 Å². The maximum absolute atomic E-state index is 13.8. The smallest absolute Gasteiger partial charge is 0.323 e. The Kier molecular flexibility index (Phi) is 6.14. The van der Waals surface area contributed by atoms with Crippen molar-refractivity contribution in [1.82, 2.24) is 4.98 Å². The lowest BCUT2D eigenvalue weighted by Gasteiger charge is -2.14. The number of aromatic amines is 1. The monoisotopic (exact) mass is 503 g/mol. The fraction of sp³-hybridized carbons (Fsp3) is 0.0370. The molecule has 0 spiro atoms. The molecule has 5 N–H and O–H groups in total. The van der Waals surface area contributed by atoms with Crippen molar-refractivity contribution in [1.29, 1.82) is 0 Å². The van der Waals surface area contributed by atoms with E-state index < -0.39 is 29.2 Å². The van der Waals surface area contributed by atoms with E-state index in [1.165, 1.54) is 0 Å². The first-order valence-corrected chi connectivity index (χ1v) is 11.2. The summed E-state index contributed by atoms with van der Waals surface area (Å²) in [6, 6.07) is 14.3. The number of carbonyl (C=O) groups is 2. The summed E-state index contributed by atoms with van der Waals surface area (Å²) in [7, 11) is 0. The lowest BCUT2D eigenvalue weighted by atomic mass is 10.1. The normalized spacial score (nSPS) is 13.3. The summed E-state index contributed by atoms with van der Waals surface area (Å²) >= 11 is 0. The van der Waals surface area contributed by atoms with Gasteiger partial charge in [-0.2, -0.15) is 0 Å². The number of nitrogens with one attached hydrogen (secondary N) is 5.